The van der Waals surface area contributed by atoms with Gasteiger partial charge in [0.25, 0.3) is 0 Å². The number of carbonyl (C=O) groups excluding carboxylic acids is 2. The van der Waals surface area contributed by atoms with Crippen LogP contribution in [0.25, 0.3) is 0 Å². The lowest BCUT2D eigenvalue weighted by Gasteiger charge is -2.22. The van der Waals surface area contributed by atoms with E-state index in [1.807, 2.05) is 18.2 Å². The molecule has 7 heteroatoms. The topological polar surface area (TPSA) is 65.8 Å². The average Bonchev–Trinajstić information content (AvgIpc) is 3.39. The SMILES string of the molecule is O=C(Nc1cc(Cl)ccc1N1CCCC1)C1CC(=O)N(Cc2ccco2)C1. The number of likely N-dealkylation sites (tertiary alicyclic amines) is 1. The molecule has 0 radical (unpaired) electrons. The van der Waals surface area contributed by atoms with Crippen LogP contribution < -0.4 is 10.2 Å². The summed E-state index contributed by atoms with van der Waals surface area (Å²) in [7, 11) is 0. The molecule has 1 N–H and O–H groups in total. The number of benzene rings is 1. The van der Waals surface area contributed by atoms with Crippen LogP contribution in [0.5, 0.6) is 0 Å². The van der Waals surface area contributed by atoms with Crippen molar-refractivity contribution in [3.05, 3.63) is 47.4 Å². The van der Waals surface area contributed by atoms with Crippen LogP contribution in [0.15, 0.2) is 41.0 Å². The Kier molecular flexibility index (Phi) is 5.07. The molecular weight excluding hydrogens is 366 g/mol. The van der Waals surface area contributed by atoms with Gasteiger partial charge in [0.2, 0.25) is 11.8 Å². The van der Waals surface area contributed by atoms with E-state index in [1.54, 1.807) is 23.3 Å². The molecule has 6 nitrogen and oxygen atoms in total. The number of furan rings is 1. The van der Waals surface area contributed by atoms with Gasteiger partial charge in [-0.2, -0.15) is 0 Å². The highest BCUT2D eigenvalue weighted by atomic mass is 35.5. The molecule has 4 rings (SSSR count). The fraction of sp³-hybridized carbons (Fsp3) is 0.400. The second kappa shape index (κ2) is 7.64. The number of anilines is 2. The maximum Gasteiger partial charge on any atom is 0.229 e. The number of amides is 2. The quantitative estimate of drug-likeness (QED) is 0.852. The first-order chi connectivity index (χ1) is 13.1. The molecule has 2 fully saturated rings. The summed E-state index contributed by atoms with van der Waals surface area (Å²) >= 11 is 6.15. The number of rotatable bonds is 5. The van der Waals surface area contributed by atoms with Gasteiger partial charge in [0.1, 0.15) is 5.76 Å². The highest BCUT2D eigenvalue weighted by Gasteiger charge is 2.35. The van der Waals surface area contributed by atoms with Crippen molar-refractivity contribution in [3.8, 4) is 0 Å². The van der Waals surface area contributed by atoms with Crippen LogP contribution >= 0.6 is 11.6 Å². The van der Waals surface area contributed by atoms with Gasteiger partial charge in [-0.25, -0.2) is 0 Å². The van der Waals surface area contributed by atoms with Crippen molar-refractivity contribution in [2.75, 3.05) is 29.9 Å². The Bertz CT molecular complexity index is 831. The van der Waals surface area contributed by atoms with Crippen LogP contribution in [0, 0.1) is 5.92 Å². The van der Waals surface area contributed by atoms with Gasteiger partial charge in [0.15, 0.2) is 0 Å². The monoisotopic (exact) mass is 387 g/mol. The first kappa shape index (κ1) is 17.9. The van der Waals surface area contributed by atoms with Crippen molar-refractivity contribution in [3.63, 3.8) is 0 Å². The minimum absolute atomic E-state index is 0.0302. The van der Waals surface area contributed by atoms with Crippen molar-refractivity contribution in [2.45, 2.75) is 25.8 Å². The van der Waals surface area contributed by atoms with E-state index >= 15 is 0 Å². The summed E-state index contributed by atoms with van der Waals surface area (Å²) in [5, 5.41) is 3.58. The number of carbonyl (C=O) groups is 2. The number of halogens is 1. The highest BCUT2D eigenvalue weighted by molar-refractivity contribution is 6.31. The van der Waals surface area contributed by atoms with Crippen LogP contribution in [-0.4, -0.2) is 36.3 Å². The molecule has 142 valence electrons. The van der Waals surface area contributed by atoms with Crippen molar-refractivity contribution >= 4 is 34.8 Å². The van der Waals surface area contributed by atoms with Crippen LogP contribution in [0.3, 0.4) is 0 Å². The zero-order chi connectivity index (χ0) is 18.8. The molecule has 0 spiro atoms. The van der Waals surface area contributed by atoms with E-state index in [-0.39, 0.29) is 24.2 Å². The third kappa shape index (κ3) is 3.95. The molecule has 1 aromatic heterocycles. The van der Waals surface area contributed by atoms with Gasteiger partial charge in [0, 0.05) is 31.1 Å². The fourth-order valence-corrected chi connectivity index (χ4v) is 3.94. The minimum Gasteiger partial charge on any atom is -0.467 e. The van der Waals surface area contributed by atoms with E-state index in [0.717, 1.165) is 37.4 Å². The summed E-state index contributed by atoms with van der Waals surface area (Å²) in [5.41, 5.74) is 1.70. The van der Waals surface area contributed by atoms with E-state index in [9.17, 15) is 9.59 Å². The van der Waals surface area contributed by atoms with E-state index in [0.29, 0.717) is 23.8 Å². The van der Waals surface area contributed by atoms with E-state index < -0.39 is 0 Å². The second-order valence-corrected chi connectivity index (χ2v) is 7.54. The molecule has 0 saturated carbocycles. The summed E-state index contributed by atoms with van der Waals surface area (Å²) in [6.45, 7) is 2.74. The fourth-order valence-electron chi connectivity index (χ4n) is 3.77. The zero-order valence-electron chi connectivity index (χ0n) is 15.0. The van der Waals surface area contributed by atoms with Crippen LogP contribution in [-0.2, 0) is 16.1 Å². The van der Waals surface area contributed by atoms with Crippen molar-refractivity contribution in [1.29, 1.82) is 0 Å². The normalized spacial score (nSPS) is 19.7. The Balaban J connectivity index is 1.45. The summed E-state index contributed by atoms with van der Waals surface area (Å²) in [6, 6.07) is 9.19. The summed E-state index contributed by atoms with van der Waals surface area (Å²) < 4.78 is 5.31. The number of hydrogen-bond acceptors (Lipinski definition) is 4. The van der Waals surface area contributed by atoms with Crippen LogP contribution in [0.1, 0.15) is 25.0 Å². The Labute approximate surface area is 163 Å². The van der Waals surface area contributed by atoms with Gasteiger partial charge in [-0.3, -0.25) is 9.59 Å². The molecule has 3 heterocycles. The largest absolute Gasteiger partial charge is 0.467 e. The van der Waals surface area contributed by atoms with E-state index in [2.05, 4.69) is 10.2 Å². The zero-order valence-corrected chi connectivity index (χ0v) is 15.7. The molecule has 0 bridgehead atoms. The molecule has 2 aliphatic rings. The molecular formula is C20H22ClN3O3. The molecule has 1 unspecified atom stereocenters. The predicted octanol–water partition coefficient (Wildman–Crippen LogP) is 3.52. The molecule has 2 saturated heterocycles. The minimum atomic E-state index is -0.377. The third-order valence-corrected chi connectivity index (χ3v) is 5.41. The van der Waals surface area contributed by atoms with Gasteiger partial charge in [-0.1, -0.05) is 11.6 Å². The second-order valence-electron chi connectivity index (χ2n) is 7.10. The third-order valence-electron chi connectivity index (χ3n) is 5.18. The van der Waals surface area contributed by atoms with Crippen LogP contribution in [0.2, 0.25) is 5.02 Å². The van der Waals surface area contributed by atoms with Crippen molar-refractivity contribution in [2.24, 2.45) is 5.92 Å². The van der Waals surface area contributed by atoms with Crippen molar-refractivity contribution in [1.82, 2.24) is 4.90 Å². The first-order valence-corrected chi connectivity index (χ1v) is 9.63. The van der Waals surface area contributed by atoms with Gasteiger partial charge < -0.3 is 19.5 Å². The average molecular weight is 388 g/mol. The summed E-state index contributed by atoms with van der Waals surface area (Å²) in [5.74, 6) is 0.166. The standard InChI is InChI=1S/C20H22ClN3O3/c21-15-5-6-18(23-7-1-2-8-23)17(11-15)22-20(26)14-10-19(25)24(12-14)13-16-4-3-9-27-16/h3-6,9,11,14H,1-2,7-8,10,12-13H2,(H,22,26). The van der Waals surface area contributed by atoms with Crippen molar-refractivity contribution < 1.29 is 14.0 Å². The molecule has 2 aliphatic heterocycles. The summed E-state index contributed by atoms with van der Waals surface area (Å²) in [4.78, 5) is 29.0. The molecule has 27 heavy (non-hydrogen) atoms. The van der Waals surface area contributed by atoms with E-state index in [4.69, 9.17) is 16.0 Å². The number of hydrogen-bond donors (Lipinski definition) is 1. The molecule has 2 amide bonds. The maximum atomic E-state index is 12.8. The Morgan fingerprint density at radius 1 is 1.26 bits per heavy atom. The lowest BCUT2D eigenvalue weighted by Crippen LogP contribution is -2.28. The Morgan fingerprint density at radius 3 is 2.81 bits per heavy atom. The lowest BCUT2D eigenvalue weighted by atomic mass is 10.1. The smallest absolute Gasteiger partial charge is 0.229 e. The molecule has 1 atom stereocenters. The molecule has 1 aromatic carbocycles. The summed E-state index contributed by atoms with van der Waals surface area (Å²) in [6.07, 6.45) is 4.09. The molecule has 0 aliphatic carbocycles. The number of nitrogens with zero attached hydrogens (tertiary/aromatic N) is 2. The van der Waals surface area contributed by atoms with Gasteiger partial charge >= 0.3 is 0 Å². The maximum absolute atomic E-state index is 12.8. The highest BCUT2D eigenvalue weighted by Crippen LogP contribution is 2.32. The van der Waals surface area contributed by atoms with Crippen LogP contribution in [0.4, 0.5) is 11.4 Å². The van der Waals surface area contributed by atoms with E-state index in [1.165, 1.54) is 0 Å². The number of nitrogens with one attached hydrogen (secondary N) is 1. The molecule has 2 aromatic rings. The predicted molar refractivity (Wildman–Crippen MR) is 104 cm³/mol. The van der Waals surface area contributed by atoms with Gasteiger partial charge in [0.05, 0.1) is 30.1 Å². The lowest BCUT2D eigenvalue weighted by molar-refractivity contribution is -0.128. The van der Waals surface area contributed by atoms with Gasteiger partial charge in [-0.15, -0.1) is 0 Å². The van der Waals surface area contributed by atoms with Gasteiger partial charge in [-0.05, 0) is 43.2 Å². The Hall–Kier alpha value is -2.47. The Morgan fingerprint density at radius 2 is 2.07 bits per heavy atom. The first-order valence-electron chi connectivity index (χ1n) is 9.25.